The predicted octanol–water partition coefficient (Wildman–Crippen LogP) is 2.81. The summed E-state index contributed by atoms with van der Waals surface area (Å²) < 4.78 is 5.57. The van der Waals surface area contributed by atoms with Gasteiger partial charge in [0.05, 0.1) is 11.3 Å². The first kappa shape index (κ1) is 12.3. The monoisotopic (exact) mass is 262 g/mol. The minimum Gasteiger partial charge on any atom is -0.454 e. The number of amides is 1. The molecule has 0 radical (unpaired) electrons. The molecule has 0 aliphatic heterocycles. The van der Waals surface area contributed by atoms with Crippen molar-refractivity contribution >= 4 is 23.2 Å². The maximum Gasteiger partial charge on any atom is 0.252 e. The van der Waals surface area contributed by atoms with Crippen LogP contribution < -0.4 is 16.2 Å². The second-order valence-electron chi connectivity index (χ2n) is 3.65. The van der Waals surface area contributed by atoms with Crippen molar-refractivity contribution in [1.29, 1.82) is 0 Å². The van der Waals surface area contributed by atoms with Crippen molar-refractivity contribution in [2.75, 3.05) is 5.73 Å². The topological polar surface area (TPSA) is 78.3 Å². The highest BCUT2D eigenvalue weighted by atomic mass is 35.5. The summed E-state index contributed by atoms with van der Waals surface area (Å²) in [6.45, 7) is 0. The zero-order valence-electron chi connectivity index (χ0n) is 9.39. The Morgan fingerprint density at radius 3 is 2.56 bits per heavy atom. The molecular weight excluding hydrogens is 252 g/mol. The van der Waals surface area contributed by atoms with Crippen LogP contribution in [0.5, 0.6) is 11.5 Å². The molecule has 92 valence electrons. The van der Waals surface area contributed by atoms with E-state index in [2.05, 4.69) is 0 Å². The van der Waals surface area contributed by atoms with Crippen LogP contribution in [0.25, 0.3) is 0 Å². The summed E-state index contributed by atoms with van der Waals surface area (Å²) in [6, 6.07) is 11.6. The van der Waals surface area contributed by atoms with Gasteiger partial charge >= 0.3 is 0 Å². The summed E-state index contributed by atoms with van der Waals surface area (Å²) >= 11 is 5.85. The fraction of sp³-hybridized carbons (Fsp3) is 0. The molecule has 18 heavy (non-hydrogen) atoms. The molecule has 0 aromatic heterocycles. The summed E-state index contributed by atoms with van der Waals surface area (Å²) in [5.74, 6) is 0.134. The number of anilines is 1. The number of carbonyl (C=O) groups excluding carboxylic acids is 1. The number of halogens is 1. The largest absolute Gasteiger partial charge is 0.454 e. The number of rotatable bonds is 3. The van der Waals surface area contributed by atoms with Crippen molar-refractivity contribution in [3.63, 3.8) is 0 Å². The lowest BCUT2D eigenvalue weighted by atomic mass is 10.1. The molecule has 0 heterocycles. The molecule has 0 fully saturated rings. The molecule has 0 aliphatic rings. The van der Waals surface area contributed by atoms with Crippen LogP contribution in [-0.4, -0.2) is 5.91 Å². The molecule has 0 saturated heterocycles. The average Bonchev–Trinajstić information content (AvgIpc) is 2.31. The van der Waals surface area contributed by atoms with Gasteiger partial charge in [0.25, 0.3) is 5.91 Å². The van der Waals surface area contributed by atoms with Crippen molar-refractivity contribution in [3.8, 4) is 11.5 Å². The second kappa shape index (κ2) is 4.98. The standard InChI is InChI=1S/C13H11ClN2O2/c14-8-3-1-4-9(7-8)18-12-10(13(16)17)5-2-6-11(12)15/h1-7H,15H2,(H2,16,17). The molecule has 2 aromatic rings. The predicted molar refractivity (Wildman–Crippen MR) is 70.9 cm³/mol. The van der Waals surface area contributed by atoms with Crippen molar-refractivity contribution in [2.24, 2.45) is 5.73 Å². The van der Waals surface area contributed by atoms with Crippen LogP contribution in [0.2, 0.25) is 5.02 Å². The van der Waals surface area contributed by atoms with E-state index in [9.17, 15) is 4.79 Å². The average molecular weight is 263 g/mol. The van der Waals surface area contributed by atoms with E-state index in [0.29, 0.717) is 16.5 Å². The number of nitrogens with two attached hydrogens (primary N) is 2. The maximum atomic E-state index is 11.3. The highest BCUT2D eigenvalue weighted by Gasteiger charge is 2.13. The highest BCUT2D eigenvalue weighted by Crippen LogP contribution is 2.31. The van der Waals surface area contributed by atoms with E-state index >= 15 is 0 Å². The van der Waals surface area contributed by atoms with Gasteiger partial charge in [0.2, 0.25) is 0 Å². The van der Waals surface area contributed by atoms with E-state index in [1.165, 1.54) is 0 Å². The summed E-state index contributed by atoms with van der Waals surface area (Å²) in [4.78, 5) is 11.3. The van der Waals surface area contributed by atoms with Crippen LogP contribution in [0.3, 0.4) is 0 Å². The smallest absolute Gasteiger partial charge is 0.252 e. The molecule has 4 N–H and O–H groups in total. The second-order valence-corrected chi connectivity index (χ2v) is 4.08. The van der Waals surface area contributed by atoms with E-state index in [-0.39, 0.29) is 11.3 Å². The third-order valence-electron chi connectivity index (χ3n) is 2.33. The number of benzene rings is 2. The minimum absolute atomic E-state index is 0.231. The third-order valence-corrected chi connectivity index (χ3v) is 2.56. The van der Waals surface area contributed by atoms with Gasteiger partial charge in [-0.1, -0.05) is 23.7 Å². The Balaban J connectivity index is 2.42. The van der Waals surface area contributed by atoms with Crippen LogP contribution >= 0.6 is 11.6 Å². The molecule has 0 saturated carbocycles. The molecular formula is C13H11ClN2O2. The Hall–Kier alpha value is -2.20. The SMILES string of the molecule is NC(=O)c1cccc(N)c1Oc1cccc(Cl)c1. The Bertz CT molecular complexity index is 599. The number of nitrogen functional groups attached to an aromatic ring is 1. The number of para-hydroxylation sites is 1. The van der Waals surface area contributed by atoms with Gasteiger partial charge in [0.15, 0.2) is 5.75 Å². The maximum absolute atomic E-state index is 11.3. The van der Waals surface area contributed by atoms with Gasteiger partial charge in [-0.3, -0.25) is 4.79 Å². The highest BCUT2D eigenvalue weighted by molar-refractivity contribution is 6.30. The van der Waals surface area contributed by atoms with Gasteiger partial charge in [-0.15, -0.1) is 0 Å². The van der Waals surface area contributed by atoms with Gasteiger partial charge in [-0.2, -0.15) is 0 Å². The summed E-state index contributed by atoms with van der Waals surface area (Å²) in [7, 11) is 0. The molecule has 0 aliphatic carbocycles. The van der Waals surface area contributed by atoms with E-state index in [1.54, 1.807) is 42.5 Å². The quantitative estimate of drug-likeness (QED) is 0.835. The van der Waals surface area contributed by atoms with E-state index in [4.69, 9.17) is 27.8 Å². The normalized spacial score (nSPS) is 10.1. The summed E-state index contributed by atoms with van der Waals surface area (Å²) in [6.07, 6.45) is 0. The molecule has 2 rings (SSSR count). The van der Waals surface area contributed by atoms with Gasteiger partial charge < -0.3 is 16.2 Å². The summed E-state index contributed by atoms with van der Waals surface area (Å²) in [5, 5.41) is 0.530. The van der Waals surface area contributed by atoms with Gasteiger partial charge in [0, 0.05) is 5.02 Å². The Morgan fingerprint density at radius 2 is 1.89 bits per heavy atom. The summed E-state index contributed by atoms with van der Waals surface area (Å²) in [5.41, 5.74) is 11.6. The molecule has 0 atom stereocenters. The lowest BCUT2D eigenvalue weighted by Crippen LogP contribution is -2.13. The van der Waals surface area contributed by atoms with Crippen molar-refractivity contribution in [3.05, 3.63) is 53.1 Å². The molecule has 5 heteroatoms. The molecule has 0 unspecified atom stereocenters. The zero-order valence-corrected chi connectivity index (χ0v) is 10.1. The van der Waals surface area contributed by atoms with E-state index in [0.717, 1.165) is 0 Å². The van der Waals surface area contributed by atoms with Crippen LogP contribution in [-0.2, 0) is 0 Å². The van der Waals surface area contributed by atoms with Gasteiger partial charge in [-0.25, -0.2) is 0 Å². The van der Waals surface area contributed by atoms with Gasteiger partial charge in [0.1, 0.15) is 5.75 Å². The van der Waals surface area contributed by atoms with Crippen molar-refractivity contribution < 1.29 is 9.53 Å². The number of ether oxygens (including phenoxy) is 1. The Labute approximate surface area is 109 Å². The lowest BCUT2D eigenvalue weighted by molar-refractivity contribution is 0.0998. The fourth-order valence-corrected chi connectivity index (χ4v) is 1.69. The third kappa shape index (κ3) is 2.55. The van der Waals surface area contributed by atoms with Crippen LogP contribution in [0, 0.1) is 0 Å². The minimum atomic E-state index is -0.598. The van der Waals surface area contributed by atoms with Crippen LogP contribution in [0.15, 0.2) is 42.5 Å². The number of hydrogen-bond acceptors (Lipinski definition) is 3. The first-order valence-corrected chi connectivity index (χ1v) is 5.57. The van der Waals surface area contributed by atoms with Crippen LogP contribution in [0.4, 0.5) is 5.69 Å². The Morgan fingerprint density at radius 1 is 1.17 bits per heavy atom. The first-order chi connectivity index (χ1) is 8.58. The molecule has 0 spiro atoms. The molecule has 4 nitrogen and oxygen atoms in total. The molecule has 2 aromatic carbocycles. The lowest BCUT2D eigenvalue weighted by Gasteiger charge is -2.11. The first-order valence-electron chi connectivity index (χ1n) is 5.19. The zero-order chi connectivity index (χ0) is 13.1. The van der Waals surface area contributed by atoms with E-state index in [1.807, 2.05) is 0 Å². The molecule has 1 amide bonds. The van der Waals surface area contributed by atoms with Crippen LogP contribution in [0.1, 0.15) is 10.4 Å². The van der Waals surface area contributed by atoms with Crippen molar-refractivity contribution in [1.82, 2.24) is 0 Å². The molecule has 0 bridgehead atoms. The van der Waals surface area contributed by atoms with Gasteiger partial charge in [-0.05, 0) is 30.3 Å². The number of carbonyl (C=O) groups is 1. The number of primary amides is 1. The fourth-order valence-electron chi connectivity index (χ4n) is 1.51. The van der Waals surface area contributed by atoms with Crippen molar-refractivity contribution in [2.45, 2.75) is 0 Å². The van der Waals surface area contributed by atoms with E-state index < -0.39 is 5.91 Å². The number of hydrogen-bond donors (Lipinski definition) is 2. The Kier molecular flexibility index (Phi) is 3.39.